The van der Waals surface area contributed by atoms with Gasteiger partial charge in [-0.1, -0.05) is 0 Å². The molecule has 1 saturated heterocycles. The molecule has 1 aliphatic carbocycles. The Morgan fingerprint density at radius 3 is 1.11 bits per heavy atom. The van der Waals surface area contributed by atoms with Crippen molar-refractivity contribution in [2.45, 2.75) is 38.1 Å². The van der Waals surface area contributed by atoms with Crippen molar-refractivity contribution in [3.8, 4) is 68.3 Å². The standard InChI is InChI=1S/C25H28N6O2.C24H28N6O2.C24H25N5O2.H2S/c1-30-15-17(13-28-30)25-14-27-23-7-6-19(11-24(23)29-25)31(16-18-5-4-8-26-18)20-9-21(32-2)12-22(10-20)33-3;1-25-8-5-9-30(19-10-20(31-3)13-21(11-19)32-4)18-6-7-22-23(12-18)28-24(15-26-22)17-14-27-29(2)16-17;1-28-15-17(12-26-28)24-13-25-22-7-6-18(10-23(22)27-24)29(14-16-4-5-16)19-8-20(30-2)11-21(9-19)31-3;/h6-7,9-15,18,26H,4-5,8,16H2,1-3H3;6-7,10-16,25H,5,8-9H2,1-4H3;6-13,15-16H,4-5,14H2,1-3H3;1H2/t18-;;;/m0.../s1. The van der Waals surface area contributed by atoms with Gasteiger partial charge in [0.05, 0.1) is 130 Å². The number of aromatic nitrogens is 12. The number of nitrogens with zero attached hydrogens (tertiary/aromatic N) is 15. The molecule has 24 heteroatoms. The molecule has 1 aliphatic heterocycles. The van der Waals surface area contributed by atoms with E-state index in [1.807, 2.05) is 126 Å². The summed E-state index contributed by atoms with van der Waals surface area (Å²) in [6.45, 7) is 4.56. The lowest BCUT2D eigenvalue weighted by atomic mass is 10.1. The van der Waals surface area contributed by atoms with Crippen LogP contribution in [0.25, 0.3) is 66.9 Å². The molecule has 7 heterocycles. The number of fused-ring (bicyclic) bond motifs is 3. The van der Waals surface area contributed by atoms with Crippen LogP contribution in [0.3, 0.4) is 0 Å². The van der Waals surface area contributed by atoms with Crippen molar-refractivity contribution in [3.05, 3.63) is 165 Å². The second-order valence-corrected chi connectivity index (χ2v) is 23.8. The van der Waals surface area contributed by atoms with E-state index in [2.05, 4.69) is 92.0 Å². The van der Waals surface area contributed by atoms with E-state index in [1.165, 1.54) is 19.3 Å². The van der Waals surface area contributed by atoms with Gasteiger partial charge >= 0.3 is 0 Å². The number of benzene rings is 6. The minimum absolute atomic E-state index is 0. The predicted molar refractivity (Wildman–Crippen MR) is 388 cm³/mol. The maximum atomic E-state index is 5.54. The van der Waals surface area contributed by atoms with Crippen molar-refractivity contribution in [1.82, 2.24) is 69.9 Å². The summed E-state index contributed by atoms with van der Waals surface area (Å²) in [5.41, 5.74) is 16.5. The Labute approximate surface area is 571 Å². The molecule has 97 heavy (non-hydrogen) atoms. The number of ether oxygens (including phenoxy) is 6. The molecule has 6 aromatic carbocycles. The van der Waals surface area contributed by atoms with Crippen LogP contribution in [0.5, 0.6) is 34.5 Å². The molecule has 0 radical (unpaired) electrons. The third-order valence-corrected chi connectivity index (χ3v) is 17.0. The van der Waals surface area contributed by atoms with Gasteiger partial charge in [0.1, 0.15) is 34.5 Å². The highest BCUT2D eigenvalue weighted by Crippen LogP contribution is 2.41. The minimum atomic E-state index is 0. The highest BCUT2D eigenvalue weighted by Gasteiger charge is 2.27. The Bertz CT molecular complexity index is 4560. The fourth-order valence-corrected chi connectivity index (χ4v) is 11.7. The van der Waals surface area contributed by atoms with Crippen molar-refractivity contribution in [3.63, 3.8) is 0 Å². The van der Waals surface area contributed by atoms with Gasteiger partial charge in [-0.2, -0.15) is 28.8 Å². The molecule has 502 valence electrons. The molecule has 2 fully saturated rings. The van der Waals surface area contributed by atoms with Crippen molar-refractivity contribution < 1.29 is 28.4 Å². The van der Waals surface area contributed by atoms with E-state index in [9.17, 15) is 0 Å². The van der Waals surface area contributed by atoms with Gasteiger partial charge in [0, 0.05) is 171 Å². The average molecular weight is 1330 g/mol. The largest absolute Gasteiger partial charge is 0.497 e. The van der Waals surface area contributed by atoms with Crippen LogP contribution in [0, 0.1) is 5.92 Å². The van der Waals surface area contributed by atoms with Crippen LogP contribution in [-0.2, 0) is 21.1 Å². The number of nitrogens with one attached hydrogen (secondary N) is 2. The van der Waals surface area contributed by atoms with Gasteiger partial charge in [0.25, 0.3) is 0 Å². The molecular formula is C73H83N17O6S. The Morgan fingerprint density at radius 1 is 0.433 bits per heavy atom. The first-order valence-electron chi connectivity index (χ1n) is 32.0. The van der Waals surface area contributed by atoms with Crippen molar-refractivity contribution in [2.75, 3.05) is 97.1 Å². The van der Waals surface area contributed by atoms with Gasteiger partial charge in [-0.25, -0.2) is 15.0 Å². The van der Waals surface area contributed by atoms with E-state index in [1.54, 1.807) is 87.7 Å². The molecule has 1 atom stereocenters. The summed E-state index contributed by atoms with van der Waals surface area (Å²) in [6, 6.07) is 36.9. The van der Waals surface area contributed by atoms with Crippen molar-refractivity contribution in [2.24, 2.45) is 27.1 Å². The number of aryl methyl sites for hydroxylation is 3. The fraction of sp³-hybridized carbons (Fsp3) is 0.301. The van der Waals surface area contributed by atoms with Crippen LogP contribution in [0.4, 0.5) is 34.1 Å². The summed E-state index contributed by atoms with van der Waals surface area (Å²) in [5.74, 6) is 5.25. The van der Waals surface area contributed by atoms with E-state index in [0.29, 0.717) is 12.0 Å². The first-order valence-corrected chi connectivity index (χ1v) is 32.0. The Balaban J connectivity index is 0.000000147. The maximum Gasteiger partial charge on any atom is 0.124 e. The molecule has 2 N–H and O–H groups in total. The second kappa shape index (κ2) is 31.3. The summed E-state index contributed by atoms with van der Waals surface area (Å²) in [7, 11) is 17.7. The number of hydrogen-bond donors (Lipinski definition) is 2. The smallest absolute Gasteiger partial charge is 0.124 e. The quantitative estimate of drug-likeness (QED) is 0.0569. The first-order chi connectivity index (χ1) is 46.9. The topological polar surface area (TPSA) is 220 Å². The zero-order chi connectivity index (χ0) is 66.7. The Morgan fingerprint density at radius 2 is 0.794 bits per heavy atom. The van der Waals surface area contributed by atoms with Gasteiger partial charge < -0.3 is 53.8 Å². The van der Waals surface area contributed by atoms with Gasteiger partial charge in [0.15, 0.2) is 0 Å². The zero-order valence-electron chi connectivity index (χ0n) is 56.5. The summed E-state index contributed by atoms with van der Waals surface area (Å²) < 4.78 is 38.4. The van der Waals surface area contributed by atoms with Gasteiger partial charge in [-0.05, 0) is 113 Å². The van der Waals surface area contributed by atoms with Crippen LogP contribution in [0.15, 0.2) is 165 Å². The van der Waals surface area contributed by atoms with Crippen LogP contribution in [0.2, 0.25) is 0 Å². The van der Waals surface area contributed by atoms with Crippen LogP contribution < -0.4 is 53.8 Å². The van der Waals surface area contributed by atoms with E-state index < -0.39 is 0 Å². The van der Waals surface area contributed by atoms with Crippen molar-refractivity contribution >= 4 is 80.7 Å². The molecule has 6 aromatic heterocycles. The molecule has 0 bridgehead atoms. The summed E-state index contributed by atoms with van der Waals surface area (Å²) >= 11 is 0. The number of rotatable bonds is 23. The highest BCUT2D eigenvalue weighted by molar-refractivity contribution is 7.59. The molecule has 1 saturated carbocycles. The lowest BCUT2D eigenvalue weighted by Crippen LogP contribution is -2.35. The van der Waals surface area contributed by atoms with E-state index in [-0.39, 0.29) is 13.5 Å². The maximum absolute atomic E-state index is 5.54. The van der Waals surface area contributed by atoms with Crippen LogP contribution in [0.1, 0.15) is 32.1 Å². The summed E-state index contributed by atoms with van der Waals surface area (Å²) in [6.07, 6.45) is 22.5. The third-order valence-electron chi connectivity index (χ3n) is 17.0. The van der Waals surface area contributed by atoms with Gasteiger partial charge in [-0.15, -0.1) is 0 Å². The molecule has 2 aliphatic rings. The molecule has 0 unspecified atom stereocenters. The highest BCUT2D eigenvalue weighted by atomic mass is 32.1. The predicted octanol–water partition coefficient (Wildman–Crippen LogP) is 12.4. The minimum Gasteiger partial charge on any atom is -0.497 e. The first kappa shape index (κ1) is 67.8. The fourth-order valence-electron chi connectivity index (χ4n) is 11.7. The van der Waals surface area contributed by atoms with Gasteiger partial charge in [-0.3, -0.25) is 29.0 Å². The normalized spacial score (nSPS) is 13.2. The van der Waals surface area contributed by atoms with Crippen LogP contribution in [-0.4, -0.2) is 148 Å². The lowest BCUT2D eigenvalue weighted by molar-refractivity contribution is 0.394. The number of anilines is 6. The van der Waals surface area contributed by atoms with Crippen molar-refractivity contribution in [1.29, 1.82) is 0 Å². The van der Waals surface area contributed by atoms with Crippen LogP contribution >= 0.6 is 13.5 Å². The molecule has 12 aromatic rings. The molecule has 0 spiro atoms. The Kier molecular flexibility index (Phi) is 21.9. The summed E-state index contributed by atoms with van der Waals surface area (Å²) in [4.78, 5) is 35.3. The molecule has 0 amide bonds. The van der Waals surface area contributed by atoms with E-state index >= 15 is 0 Å². The number of methoxy groups -OCH3 is 6. The molecule has 14 rings (SSSR count). The van der Waals surface area contributed by atoms with Gasteiger partial charge in [0.2, 0.25) is 0 Å². The number of hydrogen-bond acceptors (Lipinski definition) is 20. The Hall–Kier alpha value is -10.6. The van der Waals surface area contributed by atoms with E-state index in [4.69, 9.17) is 43.4 Å². The summed E-state index contributed by atoms with van der Waals surface area (Å²) in [5, 5.41) is 19.6. The second-order valence-electron chi connectivity index (χ2n) is 23.8. The van der Waals surface area contributed by atoms with E-state index in [0.717, 1.165) is 181 Å². The monoisotopic (exact) mass is 1330 g/mol. The SMILES string of the molecule is CNCCCN(c1cc(OC)cc(OC)c1)c1ccc2ncc(-c3cnn(C)c3)nc2c1.COc1cc(OC)cc(N(CC2CC2)c2ccc3ncc(-c4cnn(C)c4)nc3c2)c1.COc1cc(OC)cc(N(C[C@@H]2CCCN2)c2ccc3ncc(-c4cnn(C)c4)nc3c2)c1.S. The third kappa shape index (κ3) is 16.6. The zero-order valence-corrected chi connectivity index (χ0v) is 57.5. The lowest BCUT2D eigenvalue weighted by Gasteiger charge is -2.29. The average Bonchev–Trinajstić information content (AvgIpc) is 1.74. The molecule has 23 nitrogen and oxygen atoms in total. The molecular weight excluding hydrogens is 1240 g/mol.